The van der Waals surface area contributed by atoms with Gasteiger partial charge in [0.05, 0.1) is 5.60 Å². The van der Waals surface area contributed by atoms with Gasteiger partial charge in [0.25, 0.3) is 5.91 Å². The van der Waals surface area contributed by atoms with Crippen molar-refractivity contribution >= 4 is 11.6 Å². The molecule has 2 atom stereocenters. The quantitative estimate of drug-likeness (QED) is 0.872. The maximum absolute atomic E-state index is 12.6. The lowest BCUT2D eigenvalue weighted by molar-refractivity contribution is -0.0886. The van der Waals surface area contributed by atoms with Crippen molar-refractivity contribution in [3.63, 3.8) is 0 Å². The van der Waals surface area contributed by atoms with Crippen LogP contribution in [0.1, 0.15) is 42.6 Å². The molecule has 2 N–H and O–H groups in total. The number of piperidine rings is 1. The number of pyridine rings is 1. The summed E-state index contributed by atoms with van der Waals surface area (Å²) >= 11 is 0. The van der Waals surface area contributed by atoms with E-state index in [0.717, 1.165) is 31.4 Å². The molecule has 114 valence electrons. The molecule has 1 amide bonds. The largest absolute Gasteiger partial charge is 0.389 e. The van der Waals surface area contributed by atoms with Crippen LogP contribution in [0.5, 0.6) is 0 Å². The molecule has 1 aromatic rings. The van der Waals surface area contributed by atoms with E-state index in [1.165, 1.54) is 0 Å². The van der Waals surface area contributed by atoms with Crippen molar-refractivity contribution < 1.29 is 9.90 Å². The molecule has 1 aromatic heterocycles. The summed E-state index contributed by atoms with van der Waals surface area (Å²) in [5.41, 5.74) is 0.817. The van der Waals surface area contributed by atoms with Crippen LogP contribution in [-0.2, 0) is 0 Å². The van der Waals surface area contributed by atoms with Crippen LogP contribution in [0.25, 0.3) is 0 Å². The molecule has 1 saturated carbocycles. The first kappa shape index (κ1) is 14.3. The number of fused-ring (bicyclic) bond motifs is 1. The van der Waals surface area contributed by atoms with Gasteiger partial charge < -0.3 is 15.3 Å². The molecule has 1 saturated heterocycles. The summed E-state index contributed by atoms with van der Waals surface area (Å²) in [5, 5.41) is 13.7. The van der Waals surface area contributed by atoms with E-state index in [4.69, 9.17) is 0 Å². The van der Waals surface area contributed by atoms with Crippen LogP contribution in [0.4, 0.5) is 5.69 Å². The number of nitrogens with zero attached hydrogens (tertiary/aromatic N) is 2. The predicted octanol–water partition coefficient (Wildman–Crippen LogP) is 1.89. The Kier molecular flexibility index (Phi) is 3.85. The zero-order valence-electron chi connectivity index (χ0n) is 12.5. The minimum absolute atomic E-state index is 0.0280. The summed E-state index contributed by atoms with van der Waals surface area (Å²) in [5.74, 6) is 0.191. The Balaban J connectivity index is 1.74. The van der Waals surface area contributed by atoms with E-state index in [0.29, 0.717) is 25.2 Å². The average Bonchev–Trinajstić information content (AvgIpc) is 2.53. The van der Waals surface area contributed by atoms with E-state index >= 15 is 0 Å². The number of carbonyl (C=O) groups excluding carboxylic acids is 1. The summed E-state index contributed by atoms with van der Waals surface area (Å²) in [4.78, 5) is 18.6. The topological polar surface area (TPSA) is 65.5 Å². The summed E-state index contributed by atoms with van der Waals surface area (Å²) in [7, 11) is 1.83. The van der Waals surface area contributed by atoms with Gasteiger partial charge in [-0.2, -0.15) is 0 Å². The van der Waals surface area contributed by atoms with E-state index < -0.39 is 5.60 Å². The highest BCUT2D eigenvalue weighted by Crippen LogP contribution is 2.39. The number of hydrogen-bond donors (Lipinski definition) is 2. The molecule has 2 aliphatic rings. The van der Waals surface area contributed by atoms with Crippen molar-refractivity contribution in [2.24, 2.45) is 5.92 Å². The Labute approximate surface area is 125 Å². The second-order valence-corrected chi connectivity index (χ2v) is 6.23. The molecule has 0 radical (unpaired) electrons. The van der Waals surface area contributed by atoms with Crippen LogP contribution in [0.3, 0.4) is 0 Å². The van der Waals surface area contributed by atoms with Crippen LogP contribution in [0.2, 0.25) is 0 Å². The van der Waals surface area contributed by atoms with Crippen LogP contribution in [-0.4, -0.2) is 46.6 Å². The smallest absolute Gasteiger partial charge is 0.272 e. The molecule has 2 heterocycles. The molecule has 1 aliphatic carbocycles. The number of amides is 1. The molecular formula is C16H23N3O2. The van der Waals surface area contributed by atoms with Gasteiger partial charge in [0.15, 0.2) is 0 Å². The number of rotatable bonds is 2. The monoisotopic (exact) mass is 289 g/mol. The summed E-state index contributed by atoms with van der Waals surface area (Å²) < 4.78 is 0. The van der Waals surface area contributed by atoms with Crippen molar-refractivity contribution in [2.75, 3.05) is 25.5 Å². The van der Waals surface area contributed by atoms with Crippen molar-refractivity contribution in [1.82, 2.24) is 9.88 Å². The Hall–Kier alpha value is -1.62. The van der Waals surface area contributed by atoms with Crippen molar-refractivity contribution in [3.05, 3.63) is 24.0 Å². The van der Waals surface area contributed by atoms with E-state index in [-0.39, 0.29) is 11.8 Å². The molecule has 5 nitrogen and oxygen atoms in total. The number of carbonyl (C=O) groups is 1. The number of anilines is 1. The summed E-state index contributed by atoms with van der Waals surface area (Å²) in [6.07, 6.45) is 6.50. The normalized spacial score (nSPS) is 28.9. The highest BCUT2D eigenvalue weighted by Gasteiger charge is 2.43. The zero-order chi connectivity index (χ0) is 14.9. The van der Waals surface area contributed by atoms with E-state index in [1.54, 1.807) is 12.3 Å². The second-order valence-electron chi connectivity index (χ2n) is 6.23. The molecule has 0 aromatic carbocycles. The zero-order valence-corrected chi connectivity index (χ0v) is 12.5. The van der Waals surface area contributed by atoms with Gasteiger partial charge in [0.2, 0.25) is 0 Å². The van der Waals surface area contributed by atoms with Crippen molar-refractivity contribution in [3.8, 4) is 0 Å². The third-order valence-corrected chi connectivity index (χ3v) is 4.98. The van der Waals surface area contributed by atoms with Crippen molar-refractivity contribution in [2.45, 2.75) is 37.7 Å². The number of nitrogens with one attached hydrogen (secondary N) is 1. The van der Waals surface area contributed by atoms with Gasteiger partial charge in [-0.15, -0.1) is 0 Å². The van der Waals surface area contributed by atoms with Crippen LogP contribution >= 0.6 is 0 Å². The first-order valence-electron chi connectivity index (χ1n) is 7.78. The molecular weight excluding hydrogens is 266 g/mol. The van der Waals surface area contributed by atoms with Crippen LogP contribution < -0.4 is 5.32 Å². The first-order chi connectivity index (χ1) is 10.1. The highest BCUT2D eigenvalue weighted by molar-refractivity contribution is 5.93. The molecule has 0 spiro atoms. The molecule has 5 heteroatoms. The minimum atomic E-state index is -0.546. The lowest BCUT2D eigenvalue weighted by atomic mass is 9.71. The van der Waals surface area contributed by atoms with E-state index in [1.807, 2.05) is 18.0 Å². The van der Waals surface area contributed by atoms with E-state index in [9.17, 15) is 9.90 Å². The minimum Gasteiger partial charge on any atom is -0.389 e. The molecule has 0 bridgehead atoms. The third-order valence-electron chi connectivity index (χ3n) is 4.98. The van der Waals surface area contributed by atoms with Gasteiger partial charge in [-0.25, -0.2) is 0 Å². The molecule has 21 heavy (non-hydrogen) atoms. The Morgan fingerprint density at radius 3 is 3.14 bits per heavy atom. The third kappa shape index (κ3) is 2.75. The maximum atomic E-state index is 12.6. The summed E-state index contributed by atoms with van der Waals surface area (Å²) in [6.45, 7) is 1.28. The average molecular weight is 289 g/mol. The fourth-order valence-corrected chi connectivity index (χ4v) is 3.62. The van der Waals surface area contributed by atoms with Gasteiger partial charge in [-0.05, 0) is 31.4 Å². The number of aliphatic hydroxyl groups is 1. The van der Waals surface area contributed by atoms with Crippen LogP contribution in [0, 0.1) is 5.92 Å². The highest BCUT2D eigenvalue weighted by atomic mass is 16.3. The fourth-order valence-electron chi connectivity index (χ4n) is 3.62. The maximum Gasteiger partial charge on any atom is 0.272 e. The molecule has 2 fully saturated rings. The van der Waals surface area contributed by atoms with Gasteiger partial charge in [-0.1, -0.05) is 12.8 Å². The van der Waals surface area contributed by atoms with Crippen LogP contribution in [0.15, 0.2) is 18.3 Å². The predicted molar refractivity (Wildman–Crippen MR) is 81.2 cm³/mol. The first-order valence-corrected chi connectivity index (χ1v) is 7.78. The fraction of sp³-hybridized carbons (Fsp3) is 0.625. The molecule has 2 unspecified atom stereocenters. The lowest BCUT2D eigenvalue weighted by Crippen LogP contribution is -2.54. The number of aromatic nitrogens is 1. The van der Waals surface area contributed by atoms with Gasteiger partial charge >= 0.3 is 0 Å². The van der Waals surface area contributed by atoms with Crippen molar-refractivity contribution in [1.29, 1.82) is 0 Å². The number of hydrogen-bond acceptors (Lipinski definition) is 4. The Morgan fingerprint density at radius 1 is 1.48 bits per heavy atom. The van der Waals surface area contributed by atoms with Gasteiger partial charge in [0, 0.05) is 37.9 Å². The summed E-state index contributed by atoms with van der Waals surface area (Å²) in [6, 6.07) is 3.62. The SMILES string of the molecule is CNc1ccnc(C(=O)N2CCC3(O)CCCCC3C2)c1. The van der Waals surface area contributed by atoms with E-state index in [2.05, 4.69) is 10.3 Å². The number of likely N-dealkylation sites (tertiary alicyclic amines) is 1. The van der Waals surface area contributed by atoms with Gasteiger partial charge in [0.1, 0.15) is 5.69 Å². The molecule has 1 aliphatic heterocycles. The van der Waals surface area contributed by atoms with Gasteiger partial charge in [-0.3, -0.25) is 9.78 Å². The Bertz CT molecular complexity index is 534. The Morgan fingerprint density at radius 2 is 2.33 bits per heavy atom. The second kappa shape index (κ2) is 5.64. The lowest BCUT2D eigenvalue weighted by Gasteiger charge is -2.47. The standard InChI is InChI=1S/C16H23N3O2/c1-17-13-5-8-18-14(10-13)15(20)19-9-7-16(21)6-3-2-4-12(16)11-19/h5,8,10,12,21H,2-4,6-7,9,11H2,1H3,(H,17,18). The molecule has 3 rings (SSSR count).